The first-order valence-electron chi connectivity index (χ1n) is 6.15. The van der Waals surface area contributed by atoms with Crippen LogP contribution in [0.5, 0.6) is 11.5 Å². The molecule has 5 heteroatoms. The van der Waals surface area contributed by atoms with E-state index in [1.807, 2.05) is 31.4 Å². The minimum atomic E-state index is -0.104. The van der Waals surface area contributed by atoms with Crippen molar-refractivity contribution in [2.24, 2.45) is 0 Å². The Hall–Kier alpha value is -2.01. The van der Waals surface area contributed by atoms with E-state index in [9.17, 15) is 4.79 Å². The van der Waals surface area contributed by atoms with Gasteiger partial charge in [0.05, 0.1) is 19.1 Å². The number of nitrogens with one attached hydrogen (secondary N) is 1. The molecule has 106 valence electrons. The zero-order chi connectivity index (χ0) is 14.7. The first kappa shape index (κ1) is 14.4. The van der Waals surface area contributed by atoms with E-state index in [4.69, 9.17) is 9.47 Å². The number of amides is 1. The zero-order valence-electron chi connectivity index (χ0n) is 11.9. The third kappa shape index (κ3) is 2.77. The van der Waals surface area contributed by atoms with E-state index in [0.29, 0.717) is 11.5 Å². The van der Waals surface area contributed by atoms with Gasteiger partial charge in [-0.05, 0) is 42.5 Å². The number of carbonyl (C=O) groups is 1. The predicted octanol–water partition coefficient (Wildman–Crippen LogP) is 3.63. The third-order valence-electron chi connectivity index (χ3n) is 3.05. The van der Waals surface area contributed by atoms with E-state index < -0.39 is 0 Å². The van der Waals surface area contributed by atoms with E-state index >= 15 is 0 Å². The quantitative estimate of drug-likeness (QED) is 0.935. The van der Waals surface area contributed by atoms with E-state index in [2.05, 4.69) is 5.32 Å². The average Bonchev–Trinajstić information content (AvgIpc) is 2.86. The lowest BCUT2D eigenvalue weighted by atomic mass is 10.1. The molecule has 1 amide bonds. The number of hydrogen-bond acceptors (Lipinski definition) is 4. The Morgan fingerprint density at radius 1 is 1.10 bits per heavy atom. The molecule has 2 rings (SSSR count). The maximum absolute atomic E-state index is 12.2. The van der Waals surface area contributed by atoms with Crippen LogP contribution < -0.4 is 14.8 Å². The van der Waals surface area contributed by atoms with Gasteiger partial charge in [0, 0.05) is 11.8 Å². The molecule has 1 aromatic carbocycles. The Morgan fingerprint density at radius 3 is 2.30 bits per heavy atom. The molecule has 0 bridgehead atoms. The van der Waals surface area contributed by atoms with Gasteiger partial charge < -0.3 is 14.8 Å². The van der Waals surface area contributed by atoms with Crippen LogP contribution in [-0.2, 0) is 0 Å². The van der Waals surface area contributed by atoms with Crippen molar-refractivity contribution in [2.75, 3.05) is 19.5 Å². The fourth-order valence-corrected chi connectivity index (χ4v) is 2.72. The van der Waals surface area contributed by atoms with Crippen LogP contribution in [0.15, 0.2) is 23.6 Å². The summed E-state index contributed by atoms with van der Waals surface area (Å²) < 4.78 is 10.5. The van der Waals surface area contributed by atoms with Crippen molar-refractivity contribution in [1.29, 1.82) is 0 Å². The lowest BCUT2D eigenvalue weighted by Gasteiger charge is -2.13. The van der Waals surface area contributed by atoms with Gasteiger partial charge >= 0.3 is 0 Å². The summed E-state index contributed by atoms with van der Waals surface area (Å²) in [6.45, 7) is 3.84. The number of anilines is 1. The van der Waals surface area contributed by atoms with E-state index in [0.717, 1.165) is 21.7 Å². The van der Waals surface area contributed by atoms with Crippen LogP contribution in [0, 0.1) is 13.8 Å². The highest BCUT2D eigenvalue weighted by Crippen LogP contribution is 2.33. The molecule has 20 heavy (non-hydrogen) atoms. The molecule has 1 heterocycles. The van der Waals surface area contributed by atoms with Gasteiger partial charge in [-0.1, -0.05) is 0 Å². The van der Waals surface area contributed by atoms with Crippen molar-refractivity contribution >= 4 is 22.9 Å². The summed E-state index contributed by atoms with van der Waals surface area (Å²) in [4.78, 5) is 13.0. The minimum Gasteiger partial charge on any atom is -0.493 e. The first-order valence-corrected chi connectivity index (χ1v) is 7.03. The normalized spacial score (nSPS) is 10.2. The van der Waals surface area contributed by atoms with Crippen molar-refractivity contribution in [1.82, 2.24) is 0 Å². The molecule has 1 aromatic heterocycles. The summed E-state index contributed by atoms with van der Waals surface area (Å²) in [5.41, 5.74) is 2.62. The topological polar surface area (TPSA) is 47.6 Å². The van der Waals surface area contributed by atoms with Gasteiger partial charge in [0.1, 0.15) is 0 Å². The Morgan fingerprint density at radius 2 is 1.75 bits per heavy atom. The smallest absolute Gasteiger partial charge is 0.266 e. The molecule has 0 fully saturated rings. The molecule has 0 aliphatic carbocycles. The monoisotopic (exact) mass is 291 g/mol. The number of aryl methyl sites for hydroxylation is 2. The molecule has 4 nitrogen and oxygen atoms in total. The SMILES string of the molecule is COc1cc(C)c(NC(=O)c2sccc2C)cc1OC. The number of benzene rings is 1. The van der Waals surface area contributed by atoms with Gasteiger partial charge in [-0.3, -0.25) is 4.79 Å². The van der Waals surface area contributed by atoms with E-state index in [-0.39, 0.29) is 5.91 Å². The second-order valence-electron chi connectivity index (χ2n) is 4.41. The highest BCUT2D eigenvalue weighted by atomic mass is 32.1. The molecule has 0 saturated heterocycles. The standard InChI is InChI=1S/C15H17NO3S/c1-9-5-6-20-14(9)15(17)16-11-8-13(19-4)12(18-3)7-10(11)2/h5-8H,1-4H3,(H,16,17). The Balaban J connectivity index is 2.30. The van der Waals surface area contributed by atoms with Gasteiger partial charge in [0.15, 0.2) is 11.5 Å². The van der Waals surface area contributed by atoms with Crippen molar-refractivity contribution in [3.8, 4) is 11.5 Å². The molecule has 0 saturated carbocycles. The molecule has 0 radical (unpaired) electrons. The van der Waals surface area contributed by atoms with Crippen molar-refractivity contribution in [3.05, 3.63) is 39.6 Å². The van der Waals surface area contributed by atoms with Crippen LogP contribution in [0.3, 0.4) is 0 Å². The van der Waals surface area contributed by atoms with Gasteiger partial charge in [-0.15, -0.1) is 11.3 Å². The van der Waals surface area contributed by atoms with Crippen molar-refractivity contribution in [3.63, 3.8) is 0 Å². The maximum Gasteiger partial charge on any atom is 0.266 e. The largest absolute Gasteiger partial charge is 0.493 e. The van der Waals surface area contributed by atoms with Gasteiger partial charge in [0.2, 0.25) is 0 Å². The molecule has 0 unspecified atom stereocenters. The lowest BCUT2D eigenvalue weighted by molar-refractivity contribution is 0.103. The highest BCUT2D eigenvalue weighted by Gasteiger charge is 2.14. The number of methoxy groups -OCH3 is 2. The number of thiophene rings is 1. The van der Waals surface area contributed by atoms with Crippen molar-refractivity contribution in [2.45, 2.75) is 13.8 Å². The molecular weight excluding hydrogens is 274 g/mol. The number of hydrogen-bond donors (Lipinski definition) is 1. The Kier molecular flexibility index (Phi) is 4.29. The average molecular weight is 291 g/mol. The number of carbonyl (C=O) groups excluding carboxylic acids is 1. The summed E-state index contributed by atoms with van der Waals surface area (Å²) in [6.07, 6.45) is 0. The Labute approximate surface area is 122 Å². The molecule has 0 aliphatic heterocycles. The molecule has 2 aromatic rings. The van der Waals surface area contributed by atoms with Gasteiger partial charge in [0.25, 0.3) is 5.91 Å². The zero-order valence-corrected chi connectivity index (χ0v) is 12.8. The second kappa shape index (κ2) is 5.96. The molecule has 1 N–H and O–H groups in total. The second-order valence-corrected chi connectivity index (χ2v) is 5.33. The minimum absolute atomic E-state index is 0.104. The molecule has 0 atom stereocenters. The van der Waals surface area contributed by atoms with Crippen molar-refractivity contribution < 1.29 is 14.3 Å². The number of ether oxygens (including phenoxy) is 2. The van der Waals surface area contributed by atoms with Crippen LogP contribution in [0.25, 0.3) is 0 Å². The van der Waals surface area contributed by atoms with Crippen LogP contribution >= 0.6 is 11.3 Å². The molecule has 0 spiro atoms. The summed E-state index contributed by atoms with van der Waals surface area (Å²) in [7, 11) is 3.16. The number of rotatable bonds is 4. The summed E-state index contributed by atoms with van der Waals surface area (Å²) >= 11 is 1.43. The first-order chi connectivity index (χ1) is 9.56. The van der Waals surface area contributed by atoms with Crippen LogP contribution in [0.1, 0.15) is 20.8 Å². The van der Waals surface area contributed by atoms with Gasteiger partial charge in [-0.25, -0.2) is 0 Å². The third-order valence-corrected chi connectivity index (χ3v) is 4.06. The highest BCUT2D eigenvalue weighted by molar-refractivity contribution is 7.12. The van der Waals surface area contributed by atoms with Gasteiger partial charge in [-0.2, -0.15) is 0 Å². The summed E-state index contributed by atoms with van der Waals surface area (Å²) in [6, 6.07) is 5.55. The maximum atomic E-state index is 12.2. The fourth-order valence-electron chi connectivity index (χ4n) is 1.90. The predicted molar refractivity (Wildman–Crippen MR) is 81.3 cm³/mol. The lowest BCUT2D eigenvalue weighted by Crippen LogP contribution is -2.12. The van der Waals surface area contributed by atoms with E-state index in [1.165, 1.54) is 11.3 Å². The van der Waals surface area contributed by atoms with Crippen LogP contribution in [0.2, 0.25) is 0 Å². The fraction of sp³-hybridized carbons (Fsp3) is 0.267. The summed E-state index contributed by atoms with van der Waals surface area (Å²) in [5.74, 6) is 1.14. The van der Waals surface area contributed by atoms with E-state index in [1.54, 1.807) is 20.3 Å². The van der Waals surface area contributed by atoms with Crippen LogP contribution in [-0.4, -0.2) is 20.1 Å². The molecular formula is C15H17NO3S. The molecule has 0 aliphatic rings. The summed E-state index contributed by atoms with van der Waals surface area (Å²) in [5, 5.41) is 4.82. The van der Waals surface area contributed by atoms with Crippen LogP contribution in [0.4, 0.5) is 5.69 Å². The Bertz CT molecular complexity index is 634.